The maximum Gasteiger partial charge on any atom is 0.231 e. The van der Waals surface area contributed by atoms with Crippen LogP contribution in [0.25, 0.3) is 0 Å². The molecular formula is C19H20FNOS. The van der Waals surface area contributed by atoms with Gasteiger partial charge in [0, 0.05) is 12.3 Å². The number of thioether (sulfide) groups is 1. The van der Waals surface area contributed by atoms with Crippen LogP contribution in [0.3, 0.4) is 0 Å². The van der Waals surface area contributed by atoms with Gasteiger partial charge in [-0.1, -0.05) is 49.4 Å². The van der Waals surface area contributed by atoms with E-state index in [1.807, 2.05) is 42.2 Å². The average molecular weight is 329 g/mol. The van der Waals surface area contributed by atoms with Crippen LogP contribution in [0.2, 0.25) is 0 Å². The van der Waals surface area contributed by atoms with Crippen LogP contribution < -0.4 is 0 Å². The Hall–Kier alpha value is -1.81. The van der Waals surface area contributed by atoms with Crippen molar-refractivity contribution in [2.75, 3.05) is 12.3 Å². The van der Waals surface area contributed by atoms with Crippen molar-refractivity contribution in [3.05, 3.63) is 71.5 Å². The van der Waals surface area contributed by atoms with E-state index in [-0.39, 0.29) is 23.0 Å². The van der Waals surface area contributed by atoms with Gasteiger partial charge in [0.05, 0.1) is 5.92 Å². The third-order valence-corrected chi connectivity index (χ3v) is 5.50. The molecule has 0 unspecified atom stereocenters. The van der Waals surface area contributed by atoms with E-state index < -0.39 is 0 Å². The highest BCUT2D eigenvalue weighted by Crippen LogP contribution is 2.40. The summed E-state index contributed by atoms with van der Waals surface area (Å²) >= 11 is 1.74. The zero-order chi connectivity index (χ0) is 16.2. The summed E-state index contributed by atoms with van der Waals surface area (Å²) in [6, 6.07) is 16.4. The Kier molecular flexibility index (Phi) is 5.01. The van der Waals surface area contributed by atoms with Crippen LogP contribution >= 0.6 is 11.8 Å². The van der Waals surface area contributed by atoms with Crippen molar-refractivity contribution in [3.63, 3.8) is 0 Å². The zero-order valence-electron chi connectivity index (χ0n) is 13.1. The van der Waals surface area contributed by atoms with Crippen molar-refractivity contribution in [2.24, 2.45) is 0 Å². The molecule has 2 aromatic rings. The zero-order valence-corrected chi connectivity index (χ0v) is 13.9. The molecule has 0 aromatic heterocycles. The monoisotopic (exact) mass is 329 g/mol. The van der Waals surface area contributed by atoms with Gasteiger partial charge in [-0.2, -0.15) is 0 Å². The predicted molar refractivity (Wildman–Crippen MR) is 92.8 cm³/mol. The van der Waals surface area contributed by atoms with Gasteiger partial charge >= 0.3 is 0 Å². The number of halogens is 1. The van der Waals surface area contributed by atoms with Gasteiger partial charge in [0.2, 0.25) is 5.91 Å². The summed E-state index contributed by atoms with van der Waals surface area (Å²) in [6.45, 7) is 2.79. The van der Waals surface area contributed by atoms with Gasteiger partial charge in [-0.05, 0) is 29.7 Å². The van der Waals surface area contributed by atoms with Gasteiger partial charge in [0.25, 0.3) is 0 Å². The van der Waals surface area contributed by atoms with Gasteiger partial charge in [-0.3, -0.25) is 4.79 Å². The Morgan fingerprint density at radius 2 is 1.91 bits per heavy atom. The number of amides is 1. The smallest absolute Gasteiger partial charge is 0.231 e. The molecule has 0 bridgehead atoms. The van der Waals surface area contributed by atoms with Crippen LogP contribution in [-0.2, 0) is 4.79 Å². The molecule has 2 atom stereocenters. The Morgan fingerprint density at radius 1 is 1.22 bits per heavy atom. The Bertz CT molecular complexity index is 659. The molecule has 0 radical (unpaired) electrons. The van der Waals surface area contributed by atoms with E-state index in [0.29, 0.717) is 0 Å². The minimum atomic E-state index is -0.245. The number of carbonyl (C=O) groups is 1. The maximum atomic E-state index is 13.1. The number of benzene rings is 2. The molecule has 1 amide bonds. The van der Waals surface area contributed by atoms with E-state index in [0.717, 1.165) is 29.8 Å². The fourth-order valence-corrected chi connectivity index (χ4v) is 4.30. The Balaban J connectivity index is 1.84. The fourth-order valence-electron chi connectivity index (χ4n) is 3.04. The lowest BCUT2D eigenvalue weighted by atomic mass is 9.95. The molecule has 1 fully saturated rings. The molecule has 0 spiro atoms. The van der Waals surface area contributed by atoms with Crippen LogP contribution in [0.1, 0.15) is 35.8 Å². The summed E-state index contributed by atoms with van der Waals surface area (Å²) in [5.41, 5.74) is 2.06. The molecule has 1 saturated heterocycles. The van der Waals surface area contributed by atoms with Gasteiger partial charge in [0.1, 0.15) is 11.2 Å². The second-order valence-corrected chi connectivity index (χ2v) is 6.87. The first-order valence-electron chi connectivity index (χ1n) is 7.93. The van der Waals surface area contributed by atoms with Crippen LogP contribution in [0.4, 0.5) is 4.39 Å². The minimum absolute atomic E-state index is 0.0131. The molecule has 120 valence electrons. The minimum Gasteiger partial charge on any atom is -0.325 e. The largest absolute Gasteiger partial charge is 0.325 e. The van der Waals surface area contributed by atoms with Gasteiger partial charge in [0.15, 0.2) is 0 Å². The first-order valence-corrected chi connectivity index (χ1v) is 8.98. The van der Waals surface area contributed by atoms with Crippen LogP contribution in [0.5, 0.6) is 0 Å². The number of hydrogen-bond donors (Lipinski definition) is 0. The highest BCUT2D eigenvalue weighted by Gasteiger charge is 2.34. The SMILES string of the molecule is CC[C@H](C(=O)N1CCS[C@H]1c1ccc(F)cc1)c1ccccc1. The van der Waals surface area contributed by atoms with E-state index in [2.05, 4.69) is 0 Å². The molecule has 2 aromatic carbocycles. The van der Waals surface area contributed by atoms with Crippen molar-refractivity contribution in [2.45, 2.75) is 24.6 Å². The topological polar surface area (TPSA) is 20.3 Å². The third kappa shape index (κ3) is 3.42. The van der Waals surface area contributed by atoms with Crippen LogP contribution in [-0.4, -0.2) is 23.1 Å². The summed E-state index contributed by atoms with van der Waals surface area (Å²) in [6.07, 6.45) is 0.778. The van der Waals surface area contributed by atoms with E-state index in [1.54, 1.807) is 23.9 Å². The molecule has 1 heterocycles. The summed E-state index contributed by atoms with van der Waals surface area (Å²) in [5.74, 6) is 0.722. The van der Waals surface area contributed by atoms with E-state index in [1.165, 1.54) is 12.1 Å². The van der Waals surface area contributed by atoms with Crippen LogP contribution in [0.15, 0.2) is 54.6 Å². The van der Waals surface area contributed by atoms with Crippen molar-refractivity contribution in [1.82, 2.24) is 4.90 Å². The quantitative estimate of drug-likeness (QED) is 0.817. The van der Waals surface area contributed by atoms with E-state index in [4.69, 9.17) is 0 Å². The lowest BCUT2D eigenvalue weighted by molar-refractivity contribution is -0.133. The molecule has 23 heavy (non-hydrogen) atoms. The third-order valence-electron chi connectivity index (χ3n) is 4.24. The molecule has 3 rings (SSSR count). The highest BCUT2D eigenvalue weighted by atomic mass is 32.2. The fraction of sp³-hybridized carbons (Fsp3) is 0.316. The van der Waals surface area contributed by atoms with Crippen molar-refractivity contribution in [1.29, 1.82) is 0 Å². The molecule has 0 N–H and O–H groups in total. The van der Waals surface area contributed by atoms with E-state index in [9.17, 15) is 9.18 Å². The normalized spacial score (nSPS) is 18.9. The van der Waals surface area contributed by atoms with Crippen molar-refractivity contribution < 1.29 is 9.18 Å². The highest BCUT2D eigenvalue weighted by molar-refractivity contribution is 7.99. The molecule has 1 aliphatic rings. The molecule has 1 aliphatic heterocycles. The lowest BCUT2D eigenvalue weighted by Gasteiger charge is -2.28. The number of nitrogens with zero attached hydrogens (tertiary/aromatic N) is 1. The lowest BCUT2D eigenvalue weighted by Crippen LogP contribution is -2.34. The Morgan fingerprint density at radius 3 is 2.57 bits per heavy atom. The summed E-state index contributed by atoms with van der Waals surface area (Å²) in [5, 5.41) is -0.0131. The molecule has 2 nitrogen and oxygen atoms in total. The van der Waals surface area contributed by atoms with E-state index >= 15 is 0 Å². The van der Waals surface area contributed by atoms with Crippen molar-refractivity contribution >= 4 is 17.7 Å². The summed E-state index contributed by atoms with van der Waals surface area (Å²) < 4.78 is 13.1. The van der Waals surface area contributed by atoms with Crippen LogP contribution in [0, 0.1) is 5.82 Å². The standard InChI is InChI=1S/C19H20FNOS/c1-2-17(14-6-4-3-5-7-14)18(22)21-12-13-23-19(21)15-8-10-16(20)11-9-15/h3-11,17,19H,2,12-13H2,1H3/t17-,19-/m0/s1. The predicted octanol–water partition coefficient (Wildman–Crippen LogP) is 4.59. The molecule has 0 aliphatic carbocycles. The maximum absolute atomic E-state index is 13.1. The number of hydrogen-bond acceptors (Lipinski definition) is 2. The van der Waals surface area contributed by atoms with Gasteiger partial charge in [-0.25, -0.2) is 4.39 Å². The average Bonchev–Trinajstić information content (AvgIpc) is 3.07. The second-order valence-electron chi connectivity index (χ2n) is 5.68. The Labute approximate surface area is 140 Å². The van der Waals surface area contributed by atoms with Gasteiger partial charge in [-0.15, -0.1) is 11.8 Å². The summed E-state index contributed by atoms with van der Waals surface area (Å²) in [7, 11) is 0. The van der Waals surface area contributed by atoms with Crippen molar-refractivity contribution in [3.8, 4) is 0 Å². The first-order chi connectivity index (χ1) is 11.2. The molecule has 0 saturated carbocycles. The molecular weight excluding hydrogens is 309 g/mol. The summed E-state index contributed by atoms with van der Waals surface area (Å²) in [4.78, 5) is 15.0. The number of carbonyl (C=O) groups excluding carboxylic acids is 1. The molecule has 4 heteroatoms. The second kappa shape index (κ2) is 7.18. The number of rotatable bonds is 4. The van der Waals surface area contributed by atoms with Gasteiger partial charge < -0.3 is 4.90 Å². The first kappa shape index (κ1) is 16.1.